The number of hydrogen-bond acceptors (Lipinski definition) is 6. The van der Waals surface area contributed by atoms with Crippen molar-refractivity contribution in [3.63, 3.8) is 0 Å². The summed E-state index contributed by atoms with van der Waals surface area (Å²) in [5, 5.41) is 11.8. The second kappa shape index (κ2) is 8.53. The predicted octanol–water partition coefficient (Wildman–Crippen LogP) is 3.92. The maximum atomic E-state index is 12.8. The average Bonchev–Trinajstić information content (AvgIpc) is 3.12. The summed E-state index contributed by atoms with van der Waals surface area (Å²) in [5.74, 6) is -0.481. The van der Waals surface area contributed by atoms with E-state index in [1.807, 2.05) is 51.1 Å². The lowest BCUT2D eigenvalue weighted by molar-refractivity contribution is -0.116. The zero-order chi connectivity index (χ0) is 22.1. The largest absolute Gasteiger partial charge is 0.299 e. The standard InChI is InChI=1S/C21H24N4O3S2/c1-13-6-9-17(10-7-13)20-23-24-21(29-20)22-19(26)16(4)25(30(5,27)28)18-11-8-14(2)15(3)12-18/h6-12,16H,1-5H3,(H,22,24,26). The number of anilines is 2. The first kappa shape index (κ1) is 21.9. The molecule has 0 spiro atoms. The van der Waals surface area contributed by atoms with Crippen LogP contribution < -0.4 is 9.62 Å². The first-order valence-electron chi connectivity index (χ1n) is 9.34. The molecule has 1 unspecified atom stereocenters. The number of carbonyl (C=O) groups excluding carboxylic acids is 1. The summed E-state index contributed by atoms with van der Waals surface area (Å²) in [4.78, 5) is 12.8. The minimum atomic E-state index is -3.69. The van der Waals surface area contributed by atoms with E-state index in [1.54, 1.807) is 19.1 Å². The van der Waals surface area contributed by atoms with Crippen LogP contribution in [0.4, 0.5) is 10.8 Å². The molecular formula is C21H24N4O3S2. The van der Waals surface area contributed by atoms with Crippen molar-refractivity contribution in [1.29, 1.82) is 0 Å². The number of nitrogens with one attached hydrogen (secondary N) is 1. The van der Waals surface area contributed by atoms with Crippen molar-refractivity contribution in [2.45, 2.75) is 33.7 Å². The molecule has 0 bridgehead atoms. The Balaban J connectivity index is 1.82. The summed E-state index contributed by atoms with van der Waals surface area (Å²) in [6.45, 7) is 7.40. The fourth-order valence-corrected chi connectivity index (χ4v) is 4.89. The van der Waals surface area contributed by atoms with E-state index < -0.39 is 22.0 Å². The van der Waals surface area contributed by atoms with Gasteiger partial charge in [-0.1, -0.05) is 47.2 Å². The van der Waals surface area contributed by atoms with Crippen LogP contribution in [-0.2, 0) is 14.8 Å². The van der Waals surface area contributed by atoms with E-state index >= 15 is 0 Å². The topological polar surface area (TPSA) is 92.3 Å². The van der Waals surface area contributed by atoms with Gasteiger partial charge in [0.1, 0.15) is 11.0 Å². The molecule has 9 heteroatoms. The van der Waals surface area contributed by atoms with Crippen molar-refractivity contribution < 1.29 is 13.2 Å². The smallest absolute Gasteiger partial charge is 0.249 e. The third-order valence-corrected chi connectivity index (χ3v) is 6.92. The number of rotatable bonds is 6. The minimum Gasteiger partial charge on any atom is -0.299 e. The lowest BCUT2D eigenvalue weighted by atomic mass is 10.1. The molecule has 1 atom stereocenters. The molecule has 1 N–H and O–H groups in total. The van der Waals surface area contributed by atoms with E-state index in [1.165, 1.54) is 11.3 Å². The highest BCUT2D eigenvalue weighted by Gasteiger charge is 2.30. The molecule has 1 amide bonds. The first-order valence-corrected chi connectivity index (χ1v) is 12.0. The fourth-order valence-electron chi connectivity index (χ4n) is 2.97. The summed E-state index contributed by atoms with van der Waals surface area (Å²) in [6.07, 6.45) is 1.09. The van der Waals surface area contributed by atoms with Gasteiger partial charge < -0.3 is 0 Å². The molecule has 0 aliphatic heterocycles. The van der Waals surface area contributed by atoms with Gasteiger partial charge >= 0.3 is 0 Å². The summed E-state index contributed by atoms with van der Waals surface area (Å²) < 4.78 is 26.0. The first-order chi connectivity index (χ1) is 14.1. The van der Waals surface area contributed by atoms with Crippen LogP contribution in [0.3, 0.4) is 0 Å². The van der Waals surface area contributed by atoms with E-state index in [0.717, 1.165) is 32.8 Å². The second-order valence-corrected chi connectivity index (χ2v) is 10.1. The molecule has 7 nitrogen and oxygen atoms in total. The lowest BCUT2D eigenvalue weighted by Gasteiger charge is -2.28. The van der Waals surface area contributed by atoms with Gasteiger partial charge in [-0.3, -0.25) is 14.4 Å². The van der Waals surface area contributed by atoms with Crippen LogP contribution in [0.1, 0.15) is 23.6 Å². The van der Waals surface area contributed by atoms with Gasteiger partial charge in [-0.15, -0.1) is 10.2 Å². The van der Waals surface area contributed by atoms with Crippen LogP contribution in [0.15, 0.2) is 42.5 Å². The summed E-state index contributed by atoms with van der Waals surface area (Å²) in [5.41, 5.74) is 4.47. The predicted molar refractivity (Wildman–Crippen MR) is 121 cm³/mol. The molecule has 0 radical (unpaired) electrons. The fraction of sp³-hybridized carbons (Fsp3) is 0.286. The molecule has 3 rings (SSSR count). The molecule has 0 saturated carbocycles. The third kappa shape index (κ3) is 4.85. The zero-order valence-corrected chi connectivity index (χ0v) is 19.1. The molecule has 1 heterocycles. The van der Waals surface area contributed by atoms with Crippen molar-refractivity contribution >= 4 is 38.1 Å². The van der Waals surface area contributed by atoms with Gasteiger partial charge in [-0.2, -0.15) is 0 Å². The highest BCUT2D eigenvalue weighted by molar-refractivity contribution is 7.92. The minimum absolute atomic E-state index is 0.316. The lowest BCUT2D eigenvalue weighted by Crippen LogP contribution is -2.45. The van der Waals surface area contributed by atoms with E-state index in [-0.39, 0.29) is 0 Å². The zero-order valence-electron chi connectivity index (χ0n) is 17.5. The van der Waals surface area contributed by atoms with Gasteiger partial charge in [0, 0.05) is 5.56 Å². The number of sulfonamides is 1. The van der Waals surface area contributed by atoms with Gasteiger partial charge in [-0.05, 0) is 51.0 Å². The Morgan fingerprint density at radius 3 is 2.30 bits per heavy atom. The van der Waals surface area contributed by atoms with Crippen molar-refractivity contribution in [3.8, 4) is 10.6 Å². The maximum Gasteiger partial charge on any atom is 0.249 e. The number of benzene rings is 2. The van der Waals surface area contributed by atoms with Crippen molar-refractivity contribution in [3.05, 3.63) is 59.2 Å². The highest BCUT2D eigenvalue weighted by atomic mass is 32.2. The van der Waals surface area contributed by atoms with Gasteiger partial charge in [0.15, 0.2) is 0 Å². The monoisotopic (exact) mass is 444 g/mol. The maximum absolute atomic E-state index is 12.8. The van der Waals surface area contributed by atoms with Gasteiger partial charge in [0.05, 0.1) is 11.9 Å². The normalized spacial score (nSPS) is 12.4. The van der Waals surface area contributed by atoms with Gasteiger partial charge in [0.2, 0.25) is 21.1 Å². The number of hydrogen-bond donors (Lipinski definition) is 1. The number of amides is 1. The molecule has 1 aromatic heterocycles. The Morgan fingerprint density at radius 1 is 1.03 bits per heavy atom. The molecular weight excluding hydrogens is 420 g/mol. The van der Waals surface area contributed by atoms with Crippen LogP contribution in [0, 0.1) is 20.8 Å². The van der Waals surface area contributed by atoms with Gasteiger partial charge in [0.25, 0.3) is 0 Å². The molecule has 30 heavy (non-hydrogen) atoms. The Bertz CT molecular complexity index is 1170. The number of aromatic nitrogens is 2. The Morgan fingerprint density at radius 2 is 1.70 bits per heavy atom. The number of aryl methyl sites for hydroxylation is 3. The van der Waals surface area contributed by atoms with Crippen LogP contribution in [0.5, 0.6) is 0 Å². The number of nitrogens with zero attached hydrogens (tertiary/aromatic N) is 3. The molecule has 0 aliphatic rings. The van der Waals surface area contributed by atoms with E-state index in [9.17, 15) is 13.2 Å². The molecule has 0 fully saturated rings. The van der Waals surface area contributed by atoms with Crippen LogP contribution in [0.25, 0.3) is 10.6 Å². The molecule has 0 aliphatic carbocycles. The van der Waals surface area contributed by atoms with E-state index in [0.29, 0.717) is 15.8 Å². The Hall–Kier alpha value is -2.78. The SMILES string of the molecule is Cc1ccc(-c2nnc(NC(=O)C(C)N(c3ccc(C)c(C)c3)S(C)(=O)=O)s2)cc1. The van der Waals surface area contributed by atoms with E-state index in [4.69, 9.17) is 0 Å². The molecule has 2 aromatic carbocycles. The van der Waals surface area contributed by atoms with Crippen molar-refractivity contribution in [2.75, 3.05) is 15.9 Å². The summed E-state index contributed by atoms with van der Waals surface area (Å²) in [6, 6.07) is 12.2. The molecule has 0 saturated heterocycles. The number of carbonyl (C=O) groups is 1. The quantitative estimate of drug-likeness (QED) is 0.622. The Labute approximate surface area is 180 Å². The summed E-state index contributed by atoms with van der Waals surface area (Å²) in [7, 11) is -3.69. The van der Waals surface area contributed by atoms with E-state index in [2.05, 4.69) is 15.5 Å². The Kier molecular flexibility index (Phi) is 6.23. The van der Waals surface area contributed by atoms with Crippen LogP contribution in [-0.4, -0.2) is 36.8 Å². The third-order valence-electron chi connectivity index (χ3n) is 4.79. The molecule has 158 valence electrons. The molecule has 3 aromatic rings. The van der Waals surface area contributed by atoms with Crippen molar-refractivity contribution in [1.82, 2.24) is 10.2 Å². The average molecular weight is 445 g/mol. The highest BCUT2D eigenvalue weighted by Crippen LogP contribution is 2.28. The van der Waals surface area contributed by atoms with Crippen LogP contribution >= 0.6 is 11.3 Å². The van der Waals surface area contributed by atoms with Gasteiger partial charge in [-0.25, -0.2) is 8.42 Å². The second-order valence-electron chi connectivity index (χ2n) is 7.27. The summed E-state index contributed by atoms with van der Waals surface area (Å²) >= 11 is 1.23. The van der Waals surface area contributed by atoms with Crippen LogP contribution in [0.2, 0.25) is 0 Å². The van der Waals surface area contributed by atoms with Crippen molar-refractivity contribution in [2.24, 2.45) is 0 Å².